The number of rotatable bonds is 8. The molecule has 0 bridgehead atoms. The normalized spacial score (nSPS) is 11.2. The maximum Gasteiger partial charge on any atom is 0.146 e. The first-order valence-corrected chi connectivity index (χ1v) is 8.21. The predicted molar refractivity (Wildman–Crippen MR) is 92.9 cm³/mol. The Labute approximate surface area is 137 Å². The highest BCUT2D eigenvalue weighted by molar-refractivity contribution is 5.53. The zero-order valence-corrected chi connectivity index (χ0v) is 13.6. The summed E-state index contributed by atoms with van der Waals surface area (Å²) in [6.07, 6.45) is 7.52. The van der Waals surface area contributed by atoms with Gasteiger partial charge in [-0.15, -0.1) is 5.11 Å². The summed E-state index contributed by atoms with van der Waals surface area (Å²) in [5.41, 5.74) is 2.39. The number of nitrogens with zero attached hydrogens (tertiary/aromatic N) is 2. The molecule has 0 saturated heterocycles. The van der Waals surface area contributed by atoms with Crippen LogP contribution in [0.15, 0.2) is 52.7 Å². The molecule has 0 fully saturated rings. The summed E-state index contributed by atoms with van der Waals surface area (Å²) in [5.74, 6) is -0.0813. The number of benzene rings is 2. The molecule has 4 nitrogen and oxygen atoms in total. The SMILES string of the molecule is CCCCCCCc1ccc(/N=N/c2ccc(O)cc2O)cc1. The van der Waals surface area contributed by atoms with Crippen LogP contribution in [0.3, 0.4) is 0 Å². The van der Waals surface area contributed by atoms with Crippen molar-refractivity contribution in [2.45, 2.75) is 45.4 Å². The van der Waals surface area contributed by atoms with Crippen molar-refractivity contribution in [3.05, 3.63) is 48.0 Å². The standard InChI is InChI=1S/C19H24N2O2/c1-2-3-4-5-6-7-15-8-10-16(11-9-15)20-21-18-13-12-17(22)14-19(18)23/h8-14,22-23H,2-7H2,1H3/b21-20+. The summed E-state index contributed by atoms with van der Waals surface area (Å²) in [6.45, 7) is 2.23. The van der Waals surface area contributed by atoms with E-state index in [1.54, 1.807) is 0 Å². The number of unbranched alkanes of at least 4 members (excludes halogenated alkanes) is 4. The maximum absolute atomic E-state index is 9.66. The number of hydrogen-bond acceptors (Lipinski definition) is 4. The first kappa shape index (κ1) is 17.0. The Morgan fingerprint density at radius 2 is 1.57 bits per heavy atom. The van der Waals surface area contributed by atoms with Gasteiger partial charge in [0.2, 0.25) is 0 Å². The van der Waals surface area contributed by atoms with Gasteiger partial charge < -0.3 is 10.2 Å². The molecule has 2 rings (SSSR count). The van der Waals surface area contributed by atoms with E-state index >= 15 is 0 Å². The minimum absolute atomic E-state index is 0.00439. The van der Waals surface area contributed by atoms with Gasteiger partial charge in [0.15, 0.2) is 0 Å². The van der Waals surface area contributed by atoms with E-state index in [1.165, 1.54) is 55.9 Å². The first-order valence-electron chi connectivity index (χ1n) is 8.21. The molecular formula is C19H24N2O2. The van der Waals surface area contributed by atoms with Crippen LogP contribution in [-0.4, -0.2) is 10.2 Å². The van der Waals surface area contributed by atoms with E-state index in [-0.39, 0.29) is 11.5 Å². The molecule has 0 atom stereocenters. The second kappa shape index (κ2) is 8.93. The van der Waals surface area contributed by atoms with E-state index in [4.69, 9.17) is 0 Å². The zero-order valence-electron chi connectivity index (χ0n) is 13.6. The zero-order chi connectivity index (χ0) is 16.5. The Bertz CT molecular complexity index is 636. The average molecular weight is 312 g/mol. The molecule has 2 aromatic rings. The van der Waals surface area contributed by atoms with Gasteiger partial charge in [-0.2, -0.15) is 5.11 Å². The molecule has 0 aromatic heterocycles. The molecule has 0 amide bonds. The lowest BCUT2D eigenvalue weighted by atomic mass is 10.1. The Hall–Kier alpha value is -2.36. The Kier molecular flexibility index (Phi) is 6.60. The highest BCUT2D eigenvalue weighted by Crippen LogP contribution is 2.31. The Morgan fingerprint density at radius 1 is 0.826 bits per heavy atom. The highest BCUT2D eigenvalue weighted by atomic mass is 16.3. The maximum atomic E-state index is 9.66. The average Bonchev–Trinajstić information content (AvgIpc) is 2.55. The fourth-order valence-electron chi connectivity index (χ4n) is 2.37. The monoisotopic (exact) mass is 312 g/mol. The van der Waals surface area contributed by atoms with Crippen LogP contribution in [0.1, 0.15) is 44.6 Å². The number of aromatic hydroxyl groups is 2. The van der Waals surface area contributed by atoms with Crippen molar-refractivity contribution >= 4 is 11.4 Å². The van der Waals surface area contributed by atoms with Crippen LogP contribution in [0.2, 0.25) is 0 Å². The Balaban J connectivity index is 1.88. The number of hydrogen-bond donors (Lipinski definition) is 2. The summed E-state index contributed by atoms with van der Waals surface area (Å²) in [5, 5.41) is 27.0. The van der Waals surface area contributed by atoms with Gasteiger partial charge in [-0.25, -0.2) is 0 Å². The molecule has 4 heteroatoms. The van der Waals surface area contributed by atoms with Crippen molar-refractivity contribution in [2.75, 3.05) is 0 Å². The molecule has 0 aliphatic rings. The summed E-state index contributed by atoms with van der Waals surface area (Å²) >= 11 is 0. The molecule has 122 valence electrons. The number of phenolic OH excluding ortho intramolecular Hbond substituents is 2. The fourth-order valence-corrected chi connectivity index (χ4v) is 2.37. The molecule has 2 N–H and O–H groups in total. The van der Waals surface area contributed by atoms with Crippen LogP contribution >= 0.6 is 0 Å². The lowest BCUT2D eigenvalue weighted by Gasteiger charge is -2.02. The summed E-state index contributed by atoms with van der Waals surface area (Å²) in [6, 6.07) is 12.3. The highest BCUT2D eigenvalue weighted by Gasteiger charge is 2.01. The van der Waals surface area contributed by atoms with Crippen LogP contribution in [0, 0.1) is 0 Å². The second-order valence-electron chi connectivity index (χ2n) is 5.70. The first-order chi connectivity index (χ1) is 11.2. The van der Waals surface area contributed by atoms with Gasteiger partial charge in [0, 0.05) is 6.07 Å². The van der Waals surface area contributed by atoms with Gasteiger partial charge in [0.1, 0.15) is 17.2 Å². The third-order valence-corrected chi connectivity index (χ3v) is 3.74. The van der Waals surface area contributed by atoms with Crippen LogP contribution in [0.25, 0.3) is 0 Å². The van der Waals surface area contributed by atoms with Crippen LogP contribution < -0.4 is 0 Å². The van der Waals surface area contributed by atoms with Crippen LogP contribution in [-0.2, 0) is 6.42 Å². The third kappa shape index (κ3) is 5.74. The second-order valence-corrected chi connectivity index (χ2v) is 5.70. The van der Waals surface area contributed by atoms with E-state index in [2.05, 4.69) is 29.3 Å². The Morgan fingerprint density at radius 3 is 2.26 bits per heavy atom. The minimum Gasteiger partial charge on any atom is -0.508 e. The minimum atomic E-state index is -0.0857. The van der Waals surface area contributed by atoms with Crippen molar-refractivity contribution in [2.24, 2.45) is 10.2 Å². The summed E-state index contributed by atoms with van der Waals surface area (Å²) in [4.78, 5) is 0. The van der Waals surface area contributed by atoms with E-state index in [9.17, 15) is 10.2 Å². The van der Waals surface area contributed by atoms with Gasteiger partial charge in [-0.1, -0.05) is 44.7 Å². The molecule has 0 saturated carbocycles. The molecule has 0 aliphatic heterocycles. The lowest BCUT2D eigenvalue weighted by Crippen LogP contribution is -1.85. The van der Waals surface area contributed by atoms with E-state index in [1.807, 2.05) is 12.1 Å². The molecular weight excluding hydrogens is 288 g/mol. The van der Waals surface area contributed by atoms with Crippen molar-refractivity contribution in [1.82, 2.24) is 0 Å². The van der Waals surface area contributed by atoms with Crippen molar-refractivity contribution in [3.63, 3.8) is 0 Å². The third-order valence-electron chi connectivity index (χ3n) is 3.74. The van der Waals surface area contributed by atoms with E-state index in [0.717, 1.165) is 12.1 Å². The number of aryl methyl sites for hydroxylation is 1. The van der Waals surface area contributed by atoms with Crippen molar-refractivity contribution in [1.29, 1.82) is 0 Å². The van der Waals surface area contributed by atoms with Gasteiger partial charge >= 0.3 is 0 Å². The molecule has 0 unspecified atom stereocenters. The van der Waals surface area contributed by atoms with E-state index < -0.39 is 0 Å². The molecule has 2 aromatic carbocycles. The predicted octanol–water partition coefficient (Wildman–Crippen LogP) is 6.03. The molecule has 0 aliphatic carbocycles. The molecule has 0 spiro atoms. The van der Waals surface area contributed by atoms with Crippen LogP contribution in [0.4, 0.5) is 11.4 Å². The van der Waals surface area contributed by atoms with Crippen LogP contribution in [0.5, 0.6) is 11.5 Å². The molecule has 0 heterocycles. The van der Waals surface area contributed by atoms with E-state index in [0.29, 0.717) is 5.69 Å². The summed E-state index contributed by atoms with van der Waals surface area (Å²) < 4.78 is 0. The smallest absolute Gasteiger partial charge is 0.146 e. The fraction of sp³-hybridized carbons (Fsp3) is 0.368. The largest absolute Gasteiger partial charge is 0.508 e. The number of azo groups is 1. The number of phenols is 2. The molecule has 0 radical (unpaired) electrons. The quantitative estimate of drug-likeness (QED) is 0.462. The van der Waals surface area contributed by atoms with Crippen molar-refractivity contribution < 1.29 is 10.2 Å². The van der Waals surface area contributed by atoms with Gasteiger partial charge in [-0.05, 0) is 42.7 Å². The molecule has 23 heavy (non-hydrogen) atoms. The summed E-state index contributed by atoms with van der Waals surface area (Å²) in [7, 11) is 0. The topological polar surface area (TPSA) is 65.2 Å². The van der Waals surface area contributed by atoms with Crippen molar-refractivity contribution in [3.8, 4) is 11.5 Å². The van der Waals surface area contributed by atoms with Gasteiger partial charge in [-0.3, -0.25) is 0 Å². The van der Waals surface area contributed by atoms with Gasteiger partial charge in [0.25, 0.3) is 0 Å². The van der Waals surface area contributed by atoms with Gasteiger partial charge in [0.05, 0.1) is 5.69 Å². The lowest BCUT2D eigenvalue weighted by molar-refractivity contribution is 0.451.